The molecule has 0 spiro atoms. The first-order valence-electron chi connectivity index (χ1n) is 5.00. The van der Waals surface area contributed by atoms with E-state index in [1.165, 1.54) is 13.0 Å². The number of hydrogen-bond acceptors (Lipinski definition) is 3. The molecule has 1 aromatic rings. The second kappa shape index (κ2) is 5.83. The van der Waals surface area contributed by atoms with Gasteiger partial charge in [0.25, 0.3) is 0 Å². The fraction of sp³-hybridized carbons (Fsp3) is 0.333. The quantitative estimate of drug-likeness (QED) is 0.614. The normalized spacial score (nSPS) is 9.38. The summed E-state index contributed by atoms with van der Waals surface area (Å²) < 4.78 is 0. The van der Waals surface area contributed by atoms with E-state index in [4.69, 9.17) is 0 Å². The van der Waals surface area contributed by atoms with Gasteiger partial charge in [0.2, 0.25) is 12.0 Å². The van der Waals surface area contributed by atoms with E-state index in [-0.39, 0.29) is 5.91 Å². The molecule has 0 aliphatic heterocycles. The number of nitrogens with one attached hydrogen (secondary N) is 1. The average Bonchev–Trinajstić information content (AvgIpc) is 2.24. The van der Waals surface area contributed by atoms with Gasteiger partial charge < -0.3 is 5.32 Å². The average molecular weight is 218 g/mol. The molecule has 16 heavy (non-hydrogen) atoms. The third kappa shape index (κ3) is 3.67. The number of hydrogen-bond donors (Lipinski definition) is 1. The molecule has 0 heterocycles. The highest BCUT2D eigenvalue weighted by Gasteiger charge is 2.00. The smallest absolute Gasteiger partial charge is 0.235 e. The lowest BCUT2D eigenvalue weighted by molar-refractivity contribution is -0.119. The Morgan fingerprint density at radius 2 is 2.25 bits per heavy atom. The number of benzene rings is 1. The Labute approximate surface area is 94.4 Å². The van der Waals surface area contributed by atoms with Crippen LogP contribution in [0.3, 0.4) is 0 Å². The minimum atomic E-state index is -0.0472. The molecule has 1 aromatic carbocycles. The van der Waals surface area contributed by atoms with Crippen molar-refractivity contribution in [3.63, 3.8) is 0 Å². The summed E-state index contributed by atoms with van der Waals surface area (Å²) in [5, 5.41) is 2.74. The third-order valence-corrected chi connectivity index (χ3v) is 2.26. The van der Waals surface area contributed by atoms with E-state index >= 15 is 0 Å². The van der Waals surface area contributed by atoms with Gasteiger partial charge in [-0.05, 0) is 23.6 Å². The summed E-state index contributed by atoms with van der Waals surface area (Å²) in [4.78, 5) is 24.2. The van der Waals surface area contributed by atoms with Gasteiger partial charge in [-0.25, -0.2) is 9.79 Å². The molecule has 0 aromatic heterocycles. The molecule has 1 amide bonds. The van der Waals surface area contributed by atoms with Gasteiger partial charge >= 0.3 is 0 Å². The fourth-order valence-corrected chi connectivity index (χ4v) is 1.40. The fourth-order valence-electron chi connectivity index (χ4n) is 1.40. The standard InChI is InChI=1S/C12H14N2O2/c1-9-5-11(6-13-8-15)3-4-12(9)7-14-10(2)16/h3-5H,6-7H2,1-2H3,(H,14,16). The van der Waals surface area contributed by atoms with Gasteiger partial charge in [0.15, 0.2) is 0 Å². The molecule has 0 bridgehead atoms. The first-order chi connectivity index (χ1) is 7.63. The molecule has 0 unspecified atom stereocenters. The molecular formula is C12H14N2O2. The molecule has 84 valence electrons. The van der Waals surface area contributed by atoms with Crippen LogP contribution >= 0.6 is 0 Å². The van der Waals surface area contributed by atoms with Crippen molar-refractivity contribution < 1.29 is 9.59 Å². The van der Waals surface area contributed by atoms with Gasteiger partial charge in [-0.3, -0.25) is 4.79 Å². The molecule has 0 atom stereocenters. The van der Waals surface area contributed by atoms with E-state index in [1.54, 1.807) is 0 Å². The molecule has 0 saturated heterocycles. The lowest BCUT2D eigenvalue weighted by Gasteiger charge is -2.07. The summed E-state index contributed by atoms with van der Waals surface area (Å²) >= 11 is 0. The van der Waals surface area contributed by atoms with E-state index < -0.39 is 0 Å². The zero-order chi connectivity index (χ0) is 12.0. The largest absolute Gasteiger partial charge is 0.352 e. The SMILES string of the molecule is CC(=O)NCc1ccc(CN=C=O)cc1C. The van der Waals surface area contributed by atoms with Crippen LogP contribution in [0.15, 0.2) is 23.2 Å². The van der Waals surface area contributed by atoms with Gasteiger partial charge in [0, 0.05) is 13.5 Å². The monoisotopic (exact) mass is 218 g/mol. The Balaban J connectivity index is 2.74. The number of aliphatic imine (C=N–C) groups is 1. The van der Waals surface area contributed by atoms with E-state index in [0.717, 1.165) is 16.7 Å². The number of nitrogens with zero attached hydrogens (tertiary/aromatic N) is 1. The molecule has 0 fully saturated rings. The zero-order valence-electron chi connectivity index (χ0n) is 9.41. The van der Waals surface area contributed by atoms with Crippen molar-refractivity contribution in [3.8, 4) is 0 Å². The molecule has 4 nitrogen and oxygen atoms in total. The highest BCUT2D eigenvalue weighted by atomic mass is 16.1. The van der Waals surface area contributed by atoms with Crippen molar-refractivity contribution in [2.45, 2.75) is 26.9 Å². The minimum Gasteiger partial charge on any atom is -0.352 e. The molecule has 4 heteroatoms. The Hall–Kier alpha value is -1.93. The number of aryl methyl sites for hydroxylation is 1. The molecular weight excluding hydrogens is 204 g/mol. The summed E-state index contributed by atoms with van der Waals surface area (Å²) in [5.74, 6) is -0.0472. The number of carbonyl (C=O) groups excluding carboxylic acids is 2. The molecule has 1 N–H and O–H groups in total. The molecule has 1 rings (SSSR count). The molecule has 0 saturated carbocycles. The summed E-state index contributed by atoms with van der Waals surface area (Å²) in [6.07, 6.45) is 1.51. The molecule has 0 aliphatic carbocycles. The number of carbonyl (C=O) groups is 1. The van der Waals surface area contributed by atoms with E-state index in [0.29, 0.717) is 13.1 Å². The van der Waals surface area contributed by atoms with Crippen LogP contribution in [0, 0.1) is 6.92 Å². The zero-order valence-corrected chi connectivity index (χ0v) is 9.41. The van der Waals surface area contributed by atoms with Crippen molar-refractivity contribution in [1.29, 1.82) is 0 Å². The Kier molecular flexibility index (Phi) is 4.42. The number of amides is 1. The predicted octanol–water partition coefficient (Wildman–Crippen LogP) is 1.47. The van der Waals surface area contributed by atoms with Crippen molar-refractivity contribution >= 4 is 12.0 Å². The van der Waals surface area contributed by atoms with Gasteiger partial charge in [-0.2, -0.15) is 0 Å². The van der Waals surface area contributed by atoms with Crippen LogP contribution in [0.4, 0.5) is 0 Å². The highest BCUT2D eigenvalue weighted by Crippen LogP contribution is 2.11. The van der Waals surface area contributed by atoms with Crippen molar-refractivity contribution in [2.75, 3.05) is 0 Å². The van der Waals surface area contributed by atoms with Crippen molar-refractivity contribution in [2.24, 2.45) is 4.99 Å². The highest BCUT2D eigenvalue weighted by molar-refractivity contribution is 5.72. The summed E-state index contributed by atoms with van der Waals surface area (Å²) in [7, 11) is 0. The maximum Gasteiger partial charge on any atom is 0.235 e. The topological polar surface area (TPSA) is 58.5 Å². The third-order valence-electron chi connectivity index (χ3n) is 2.26. The Bertz CT molecular complexity index is 435. The van der Waals surface area contributed by atoms with Crippen LogP contribution < -0.4 is 5.32 Å². The van der Waals surface area contributed by atoms with Crippen LogP contribution in [0.25, 0.3) is 0 Å². The first kappa shape index (κ1) is 12.1. The summed E-state index contributed by atoms with van der Waals surface area (Å²) in [6.45, 7) is 4.33. The first-order valence-corrected chi connectivity index (χ1v) is 5.00. The molecule has 0 aliphatic rings. The number of rotatable bonds is 4. The number of isocyanates is 1. The van der Waals surface area contributed by atoms with Gasteiger partial charge in [-0.15, -0.1) is 0 Å². The van der Waals surface area contributed by atoms with Crippen LogP contribution in [-0.2, 0) is 22.7 Å². The van der Waals surface area contributed by atoms with Crippen LogP contribution in [0.2, 0.25) is 0 Å². The van der Waals surface area contributed by atoms with Gasteiger partial charge in [0.1, 0.15) is 0 Å². The Morgan fingerprint density at radius 3 is 2.81 bits per heavy atom. The summed E-state index contributed by atoms with van der Waals surface area (Å²) in [6, 6.07) is 5.78. The second-order valence-electron chi connectivity index (χ2n) is 3.58. The lowest BCUT2D eigenvalue weighted by atomic mass is 10.1. The van der Waals surface area contributed by atoms with Gasteiger partial charge in [-0.1, -0.05) is 18.2 Å². The van der Waals surface area contributed by atoms with Crippen molar-refractivity contribution in [1.82, 2.24) is 5.32 Å². The minimum absolute atomic E-state index is 0.0472. The van der Waals surface area contributed by atoms with E-state index in [9.17, 15) is 9.59 Å². The summed E-state index contributed by atoms with van der Waals surface area (Å²) in [5.41, 5.74) is 3.11. The van der Waals surface area contributed by atoms with Crippen LogP contribution in [0.1, 0.15) is 23.6 Å². The Morgan fingerprint density at radius 1 is 1.50 bits per heavy atom. The van der Waals surface area contributed by atoms with Crippen LogP contribution in [0.5, 0.6) is 0 Å². The van der Waals surface area contributed by atoms with Gasteiger partial charge in [0.05, 0.1) is 6.54 Å². The maximum atomic E-state index is 10.8. The van der Waals surface area contributed by atoms with E-state index in [1.807, 2.05) is 25.1 Å². The van der Waals surface area contributed by atoms with Crippen molar-refractivity contribution in [3.05, 3.63) is 34.9 Å². The lowest BCUT2D eigenvalue weighted by Crippen LogP contribution is -2.19. The second-order valence-corrected chi connectivity index (χ2v) is 3.58. The maximum absolute atomic E-state index is 10.8. The van der Waals surface area contributed by atoms with Crippen LogP contribution in [-0.4, -0.2) is 12.0 Å². The predicted molar refractivity (Wildman–Crippen MR) is 60.5 cm³/mol. The molecule has 0 radical (unpaired) electrons. The van der Waals surface area contributed by atoms with E-state index in [2.05, 4.69) is 10.3 Å².